The zero-order valence-electron chi connectivity index (χ0n) is 9.07. The minimum absolute atomic E-state index is 0.401. The monoisotopic (exact) mass is 278 g/mol. The van der Waals surface area contributed by atoms with Crippen LogP contribution in [0.25, 0.3) is 11.3 Å². The van der Waals surface area contributed by atoms with E-state index in [2.05, 4.69) is 25.9 Å². The third-order valence-electron chi connectivity index (χ3n) is 2.16. The van der Waals surface area contributed by atoms with Gasteiger partial charge in [-0.3, -0.25) is 0 Å². The highest BCUT2D eigenvalue weighted by atomic mass is 79.9. The summed E-state index contributed by atoms with van der Waals surface area (Å²) in [5.74, 6) is 0. The van der Waals surface area contributed by atoms with E-state index in [9.17, 15) is 0 Å². The summed E-state index contributed by atoms with van der Waals surface area (Å²) in [4.78, 5) is 8.46. The van der Waals surface area contributed by atoms with E-state index in [0.717, 1.165) is 21.4 Å². The number of benzene rings is 1. The van der Waals surface area contributed by atoms with Gasteiger partial charge in [0.15, 0.2) is 0 Å². The number of hydrogen-bond donors (Lipinski definition) is 0. The van der Waals surface area contributed by atoms with Crippen molar-refractivity contribution in [3.63, 3.8) is 0 Å². The molecule has 1 aromatic carbocycles. The van der Waals surface area contributed by atoms with E-state index in [1.54, 1.807) is 7.11 Å². The molecular weight excluding hydrogens is 268 g/mol. The zero-order valence-corrected chi connectivity index (χ0v) is 10.7. The lowest BCUT2D eigenvalue weighted by atomic mass is 10.1. The third kappa shape index (κ3) is 2.39. The van der Waals surface area contributed by atoms with E-state index >= 15 is 0 Å². The normalized spacial score (nSPS) is 10.2. The molecule has 4 heteroatoms. The second-order valence-corrected chi connectivity index (χ2v) is 4.30. The number of methoxy groups -OCH3 is 1. The standard InChI is InChI=1S/C12H11BrN2O/c1-8-7-11(15-12(14-8)16-2)9-3-5-10(13)6-4-9/h3-7H,1-2H3. The number of aromatic nitrogens is 2. The molecule has 0 N–H and O–H groups in total. The molecule has 1 aromatic heterocycles. The van der Waals surface area contributed by atoms with Gasteiger partial charge in [-0.1, -0.05) is 28.1 Å². The third-order valence-corrected chi connectivity index (χ3v) is 2.68. The van der Waals surface area contributed by atoms with Gasteiger partial charge in [-0.15, -0.1) is 0 Å². The summed E-state index contributed by atoms with van der Waals surface area (Å²) >= 11 is 3.40. The number of aryl methyl sites for hydroxylation is 1. The molecule has 0 aliphatic carbocycles. The van der Waals surface area contributed by atoms with Gasteiger partial charge in [0.05, 0.1) is 12.8 Å². The SMILES string of the molecule is COc1nc(C)cc(-c2ccc(Br)cc2)n1. The Labute approximate surface area is 103 Å². The molecule has 0 bridgehead atoms. The van der Waals surface area contributed by atoms with Gasteiger partial charge in [-0.05, 0) is 25.1 Å². The molecule has 0 saturated carbocycles. The lowest BCUT2D eigenvalue weighted by molar-refractivity contribution is 0.379. The minimum Gasteiger partial charge on any atom is -0.467 e. The lowest BCUT2D eigenvalue weighted by Gasteiger charge is -2.04. The molecule has 0 fully saturated rings. The van der Waals surface area contributed by atoms with Crippen molar-refractivity contribution in [3.05, 3.63) is 40.5 Å². The lowest BCUT2D eigenvalue weighted by Crippen LogP contribution is -1.95. The first kappa shape index (κ1) is 11.1. The smallest absolute Gasteiger partial charge is 0.316 e. The van der Waals surface area contributed by atoms with Crippen LogP contribution in [0.2, 0.25) is 0 Å². The maximum atomic E-state index is 5.05. The fourth-order valence-corrected chi connectivity index (χ4v) is 1.67. The van der Waals surface area contributed by atoms with Gasteiger partial charge in [0.2, 0.25) is 0 Å². The van der Waals surface area contributed by atoms with Gasteiger partial charge >= 0.3 is 6.01 Å². The van der Waals surface area contributed by atoms with Crippen molar-refractivity contribution < 1.29 is 4.74 Å². The Bertz CT molecular complexity index is 497. The summed E-state index contributed by atoms with van der Waals surface area (Å²) in [5.41, 5.74) is 2.81. The Balaban J connectivity index is 2.47. The van der Waals surface area contributed by atoms with Crippen molar-refractivity contribution >= 4 is 15.9 Å². The van der Waals surface area contributed by atoms with Crippen molar-refractivity contribution in [1.29, 1.82) is 0 Å². The van der Waals surface area contributed by atoms with E-state index < -0.39 is 0 Å². The highest BCUT2D eigenvalue weighted by Crippen LogP contribution is 2.21. The van der Waals surface area contributed by atoms with E-state index in [1.165, 1.54) is 0 Å². The van der Waals surface area contributed by atoms with Crippen LogP contribution in [0.3, 0.4) is 0 Å². The fraction of sp³-hybridized carbons (Fsp3) is 0.167. The second-order valence-electron chi connectivity index (χ2n) is 3.39. The van der Waals surface area contributed by atoms with Gasteiger partial charge < -0.3 is 4.74 Å². The highest BCUT2D eigenvalue weighted by Gasteiger charge is 2.04. The summed E-state index contributed by atoms with van der Waals surface area (Å²) in [5, 5.41) is 0. The predicted octanol–water partition coefficient (Wildman–Crippen LogP) is 3.22. The zero-order chi connectivity index (χ0) is 11.5. The van der Waals surface area contributed by atoms with Crippen LogP contribution in [-0.4, -0.2) is 17.1 Å². The molecule has 2 rings (SSSR count). The average Bonchev–Trinajstić information content (AvgIpc) is 2.29. The maximum Gasteiger partial charge on any atom is 0.316 e. The molecule has 0 atom stereocenters. The highest BCUT2D eigenvalue weighted by molar-refractivity contribution is 9.10. The molecule has 3 nitrogen and oxygen atoms in total. The van der Waals surface area contributed by atoms with Crippen molar-refractivity contribution in [2.75, 3.05) is 7.11 Å². The Morgan fingerprint density at radius 1 is 1.12 bits per heavy atom. The summed E-state index contributed by atoms with van der Waals surface area (Å²) in [6.45, 7) is 1.92. The number of nitrogens with zero attached hydrogens (tertiary/aromatic N) is 2. The van der Waals surface area contributed by atoms with E-state index in [-0.39, 0.29) is 0 Å². The minimum atomic E-state index is 0.401. The van der Waals surface area contributed by atoms with Crippen LogP contribution >= 0.6 is 15.9 Å². The van der Waals surface area contributed by atoms with Crippen molar-refractivity contribution in [2.45, 2.75) is 6.92 Å². The van der Waals surface area contributed by atoms with Crippen LogP contribution in [0, 0.1) is 6.92 Å². The molecule has 0 unspecified atom stereocenters. The summed E-state index contributed by atoms with van der Waals surface area (Å²) in [6.07, 6.45) is 0. The first-order valence-electron chi connectivity index (χ1n) is 4.84. The van der Waals surface area contributed by atoms with Crippen molar-refractivity contribution in [3.8, 4) is 17.3 Å². The van der Waals surface area contributed by atoms with Crippen LogP contribution in [0.1, 0.15) is 5.69 Å². The molecule has 0 radical (unpaired) electrons. The molecule has 0 spiro atoms. The number of halogens is 1. The Morgan fingerprint density at radius 3 is 2.44 bits per heavy atom. The van der Waals surface area contributed by atoms with Crippen molar-refractivity contribution in [1.82, 2.24) is 9.97 Å². The van der Waals surface area contributed by atoms with Crippen LogP contribution in [0.5, 0.6) is 6.01 Å². The maximum absolute atomic E-state index is 5.05. The van der Waals surface area contributed by atoms with Crippen molar-refractivity contribution in [2.24, 2.45) is 0 Å². The topological polar surface area (TPSA) is 35.0 Å². The molecule has 0 aliphatic heterocycles. The Kier molecular flexibility index (Phi) is 3.19. The number of rotatable bonds is 2. The molecule has 1 heterocycles. The molecule has 2 aromatic rings. The fourth-order valence-electron chi connectivity index (χ4n) is 1.40. The average molecular weight is 279 g/mol. The van der Waals surface area contributed by atoms with E-state index in [1.807, 2.05) is 37.3 Å². The molecule has 0 saturated heterocycles. The molecule has 82 valence electrons. The summed E-state index contributed by atoms with van der Waals surface area (Å²) < 4.78 is 6.10. The van der Waals surface area contributed by atoms with Crippen LogP contribution in [0.4, 0.5) is 0 Å². The summed E-state index contributed by atoms with van der Waals surface area (Å²) in [7, 11) is 1.57. The van der Waals surface area contributed by atoms with Crippen LogP contribution < -0.4 is 4.74 Å². The first-order valence-corrected chi connectivity index (χ1v) is 5.64. The van der Waals surface area contributed by atoms with Gasteiger partial charge in [-0.25, -0.2) is 4.98 Å². The Morgan fingerprint density at radius 2 is 1.81 bits per heavy atom. The predicted molar refractivity (Wildman–Crippen MR) is 66.5 cm³/mol. The number of ether oxygens (including phenoxy) is 1. The molecule has 16 heavy (non-hydrogen) atoms. The van der Waals surface area contributed by atoms with Crippen LogP contribution in [-0.2, 0) is 0 Å². The molecule has 0 aliphatic rings. The largest absolute Gasteiger partial charge is 0.467 e. The van der Waals surface area contributed by atoms with Crippen LogP contribution in [0.15, 0.2) is 34.8 Å². The summed E-state index contributed by atoms with van der Waals surface area (Å²) in [6, 6.07) is 10.3. The quantitative estimate of drug-likeness (QED) is 0.846. The van der Waals surface area contributed by atoms with Gasteiger partial charge in [-0.2, -0.15) is 4.98 Å². The van der Waals surface area contributed by atoms with E-state index in [4.69, 9.17) is 4.74 Å². The van der Waals surface area contributed by atoms with Gasteiger partial charge in [0.1, 0.15) is 0 Å². The van der Waals surface area contributed by atoms with Gasteiger partial charge in [0.25, 0.3) is 0 Å². The number of hydrogen-bond acceptors (Lipinski definition) is 3. The van der Waals surface area contributed by atoms with Gasteiger partial charge in [0, 0.05) is 15.7 Å². The molecule has 0 amide bonds. The first-order chi connectivity index (χ1) is 7.69. The second kappa shape index (κ2) is 4.61. The van der Waals surface area contributed by atoms with E-state index in [0.29, 0.717) is 6.01 Å². The Hall–Kier alpha value is -1.42. The molecular formula is C12H11BrN2O.